The molecule has 20 heavy (non-hydrogen) atoms. The molecule has 104 valence electrons. The quantitative estimate of drug-likeness (QED) is 0.764. The van der Waals surface area contributed by atoms with Crippen molar-refractivity contribution in [1.29, 1.82) is 0 Å². The summed E-state index contributed by atoms with van der Waals surface area (Å²) in [6.45, 7) is 0. The summed E-state index contributed by atoms with van der Waals surface area (Å²) in [7, 11) is 1.49. The molecular weight excluding hydrogens is 393 g/mol. The minimum Gasteiger partial charge on any atom is -0.507 e. The summed E-state index contributed by atoms with van der Waals surface area (Å²) in [5.74, 6) is -0.0451. The maximum absolute atomic E-state index is 12.1. The van der Waals surface area contributed by atoms with Crippen LogP contribution in [0.3, 0.4) is 0 Å². The lowest BCUT2D eigenvalue weighted by atomic mass is 10.1. The number of anilines is 1. The summed E-state index contributed by atoms with van der Waals surface area (Å²) < 4.78 is 5.79. The Morgan fingerprint density at radius 2 is 2.05 bits per heavy atom. The van der Waals surface area contributed by atoms with Gasteiger partial charge in [-0.15, -0.1) is 0 Å². The van der Waals surface area contributed by atoms with Crippen molar-refractivity contribution in [1.82, 2.24) is 0 Å². The number of halogens is 2. The predicted octanol–water partition coefficient (Wildman–Crippen LogP) is 3.91. The number of amides is 1. The van der Waals surface area contributed by atoms with Crippen LogP contribution in [0.25, 0.3) is 0 Å². The second-order valence-electron chi connectivity index (χ2n) is 3.96. The zero-order valence-corrected chi connectivity index (χ0v) is 13.4. The van der Waals surface area contributed by atoms with Crippen LogP contribution in [-0.4, -0.2) is 18.1 Å². The molecule has 0 unspecified atom stereocenters. The fraction of sp³-hybridized carbons (Fsp3) is 0.0714. The van der Waals surface area contributed by atoms with E-state index in [1.165, 1.54) is 19.2 Å². The van der Waals surface area contributed by atoms with E-state index in [0.29, 0.717) is 16.5 Å². The summed E-state index contributed by atoms with van der Waals surface area (Å²) in [5.41, 5.74) is 0.812. The number of hydrogen-bond donors (Lipinski definition) is 2. The molecule has 0 aliphatic rings. The fourth-order valence-corrected chi connectivity index (χ4v) is 2.62. The molecule has 0 aliphatic carbocycles. The Balaban J connectivity index is 2.24. The number of methoxy groups -OCH3 is 1. The van der Waals surface area contributed by atoms with Crippen molar-refractivity contribution in [3.63, 3.8) is 0 Å². The molecule has 0 heterocycles. The number of benzene rings is 2. The highest BCUT2D eigenvalue weighted by atomic mass is 127. The van der Waals surface area contributed by atoms with E-state index < -0.39 is 5.91 Å². The van der Waals surface area contributed by atoms with E-state index in [0.717, 1.165) is 3.57 Å². The van der Waals surface area contributed by atoms with Crippen LogP contribution in [-0.2, 0) is 0 Å². The third-order valence-corrected chi connectivity index (χ3v) is 3.76. The van der Waals surface area contributed by atoms with Crippen LogP contribution in [0.15, 0.2) is 36.4 Å². The fourth-order valence-electron chi connectivity index (χ4n) is 1.61. The molecule has 1 amide bonds. The van der Waals surface area contributed by atoms with Crippen LogP contribution >= 0.6 is 34.2 Å². The first-order valence-electron chi connectivity index (χ1n) is 5.64. The zero-order valence-electron chi connectivity index (χ0n) is 10.5. The maximum atomic E-state index is 12.1. The molecule has 0 radical (unpaired) electrons. The number of phenolic OH excluding ortho intramolecular Hbond substituents is 1. The van der Waals surface area contributed by atoms with Gasteiger partial charge in [0.1, 0.15) is 11.5 Å². The lowest BCUT2D eigenvalue weighted by Crippen LogP contribution is -2.13. The van der Waals surface area contributed by atoms with E-state index in [1.54, 1.807) is 24.3 Å². The van der Waals surface area contributed by atoms with Gasteiger partial charge in [0.25, 0.3) is 5.91 Å². The van der Waals surface area contributed by atoms with E-state index in [4.69, 9.17) is 16.3 Å². The smallest absolute Gasteiger partial charge is 0.259 e. The minimum absolute atomic E-state index is 0.133. The van der Waals surface area contributed by atoms with Gasteiger partial charge in [0.15, 0.2) is 0 Å². The Kier molecular flexibility index (Phi) is 4.72. The average molecular weight is 404 g/mol. The van der Waals surface area contributed by atoms with E-state index in [1.807, 2.05) is 0 Å². The summed E-state index contributed by atoms with van der Waals surface area (Å²) in [5, 5.41) is 13.1. The van der Waals surface area contributed by atoms with Gasteiger partial charge in [-0.25, -0.2) is 0 Å². The Bertz CT molecular complexity index is 661. The van der Waals surface area contributed by atoms with Gasteiger partial charge in [-0.2, -0.15) is 0 Å². The molecule has 2 aromatic rings. The van der Waals surface area contributed by atoms with E-state index in [2.05, 4.69) is 27.9 Å². The average Bonchev–Trinajstić information content (AvgIpc) is 2.41. The molecule has 2 N–H and O–H groups in total. The zero-order chi connectivity index (χ0) is 14.7. The van der Waals surface area contributed by atoms with Crippen molar-refractivity contribution in [2.45, 2.75) is 0 Å². The highest BCUT2D eigenvalue weighted by Crippen LogP contribution is 2.26. The van der Waals surface area contributed by atoms with Crippen molar-refractivity contribution < 1.29 is 14.6 Å². The van der Waals surface area contributed by atoms with Crippen LogP contribution in [0.2, 0.25) is 5.02 Å². The number of ether oxygens (including phenoxy) is 1. The Morgan fingerprint density at radius 1 is 1.30 bits per heavy atom. The van der Waals surface area contributed by atoms with Crippen molar-refractivity contribution in [2.24, 2.45) is 0 Å². The third kappa shape index (κ3) is 3.34. The number of carbonyl (C=O) groups is 1. The SMILES string of the molecule is COc1ccc(C(=O)Nc2ccc(Cl)cc2I)c(O)c1. The summed E-state index contributed by atoms with van der Waals surface area (Å²) in [6, 6.07) is 9.65. The van der Waals surface area contributed by atoms with Crippen LogP contribution in [0.1, 0.15) is 10.4 Å². The van der Waals surface area contributed by atoms with Crippen LogP contribution in [0.5, 0.6) is 11.5 Å². The molecule has 0 saturated heterocycles. The molecule has 0 saturated carbocycles. The Hall–Kier alpha value is -1.47. The van der Waals surface area contributed by atoms with Gasteiger partial charge < -0.3 is 15.2 Å². The molecule has 2 aromatic carbocycles. The number of carbonyl (C=O) groups excluding carboxylic acids is 1. The minimum atomic E-state index is -0.398. The molecule has 6 heteroatoms. The van der Waals surface area contributed by atoms with E-state index >= 15 is 0 Å². The van der Waals surface area contributed by atoms with Crippen molar-refractivity contribution in [2.75, 3.05) is 12.4 Å². The molecule has 0 aromatic heterocycles. The van der Waals surface area contributed by atoms with Gasteiger partial charge in [-0.1, -0.05) is 11.6 Å². The highest BCUT2D eigenvalue weighted by Gasteiger charge is 2.13. The van der Waals surface area contributed by atoms with Gasteiger partial charge >= 0.3 is 0 Å². The number of hydrogen-bond acceptors (Lipinski definition) is 3. The van der Waals surface area contributed by atoms with Crippen LogP contribution in [0.4, 0.5) is 5.69 Å². The third-order valence-electron chi connectivity index (χ3n) is 2.63. The second kappa shape index (κ2) is 6.32. The maximum Gasteiger partial charge on any atom is 0.259 e. The molecule has 0 aliphatic heterocycles. The lowest BCUT2D eigenvalue weighted by Gasteiger charge is -2.09. The van der Waals surface area contributed by atoms with Gasteiger partial charge in [0.2, 0.25) is 0 Å². The Morgan fingerprint density at radius 3 is 2.65 bits per heavy atom. The molecule has 0 spiro atoms. The molecule has 4 nitrogen and oxygen atoms in total. The van der Waals surface area contributed by atoms with Gasteiger partial charge in [0, 0.05) is 14.7 Å². The normalized spacial score (nSPS) is 10.2. The second-order valence-corrected chi connectivity index (χ2v) is 5.56. The van der Waals surface area contributed by atoms with Gasteiger partial charge in [-0.05, 0) is 52.9 Å². The lowest BCUT2D eigenvalue weighted by molar-refractivity contribution is 0.102. The number of aromatic hydroxyl groups is 1. The topological polar surface area (TPSA) is 58.6 Å². The van der Waals surface area contributed by atoms with Crippen molar-refractivity contribution in [3.05, 3.63) is 50.6 Å². The Labute approximate surface area is 134 Å². The molecule has 0 atom stereocenters. The van der Waals surface area contributed by atoms with Gasteiger partial charge in [0.05, 0.1) is 18.4 Å². The first-order chi connectivity index (χ1) is 9.51. The summed E-state index contributed by atoms with van der Waals surface area (Å²) in [4.78, 5) is 12.1. The van der Waals surface area contributed by atoms with Crippen LogP contribution < -0.4 is 10.1 Å². The van der Waals surface area contributed by atoms with Gasteiger partial charge in [-0.3, -0.25) is 4.79 Å². The van der Waals surface area contributed by atoms with Crippen molar-refractivity contribution >= 4 is 45.8 Å². The monoisotopic (exact) mass is 403 g/mol. The molecule has 0 bridgehead atoms. The molecule has 2 rings (SSSR count). The highest BCUT2D eigenvalue weighted by molar-refractivity contribution is 14.1. The molecular formula is C14H11ClINO3. The summed E-state index contributed by atoms with van der Waals surface area (Å²) >= 11 is 7.93. The number of nitrogens with one attached hydrogen (secondary N) is 1. The van der Waals surface area contributed by atoms with E-state index in [-0.39, 0.29) is 11.3 Å². The number of rotatable bonds is 3. The van der Waals surface area contributed by atoms with Crippen LogP contribution in [0, 0.1) is 3.57 Å². The van der Waals surface area contributed by atoms with E-state index in [9.17, 15) is 9.90 Å². The first kappa shape index (κ1) is 14.9. The largest absolute Gasteiger partial charge is 0.507 e. The summed E-state index contributed by atoms with van der Waals surface area (Å²) in [6.07, 6.45) is 0. The predicted molar refractivity (Wildman–Crippen MR) is 86.8 cm³/mol. The van der Waals surface area contributed by atoms with Crippen molar-refractivity contribution in [3.8, 4) is 11.5 Å². The first-order valence-corrected chi connectivity index (χ1v) is 7.10. The molecule has 0 fully saturated rings. The number of phenols is 1. The standard InChI is InChI=1S/C14H11ClINO3/c1-20-9-3-4-10(13(18)7-9)14(19)17-12-5-2-8(15)6-11(12)16/h2-7,18H,1H3,(H,17,19).